The van der Waals surface area contributed by atoms with Gasteiger partial charge in [-0.25, -0.2) is 4.79 Å². The van der Waals surface area contributed by atoms with E-state index < -0.39 is 17.8 Å². The van der Waals surface area contributed by atoms with Gasteiger partial charge in [0.15, 0.2) is 5.78 Å². The van der Waals surface area contributed by atoms with Gasteiger partial charge < -0.3 is 10.4 Å². The van der Waals surface area contributed by atoms with Gasteiger partial charge in [0.25, 0.3) is 5.91 Å². The fourth-order valence-electron chi connectivity index (χ4n) is 4.40. The van der Waals surface area contributed by atoms with Crippen LogP contribution in [0.3, 0.4) is 0 Å². The number of benzene rings is 3. The van der Waals surface area contributed by atoms with E-state index in [0.717, 1.165) is 22.3 Å². The molecule has 1 aromatic heterocycles. The molecule has 0 fully saturated rings. The van der Waals surface area contributed by atoms with Gasteiger partial charge in [0.05, 0.1) is 22.8 Å². The lowest BCUT2D eigenvalue weighted by Gasteiger charge is -2.18. The van der Waals surface area contributed by atoms with Crippen molar-refractivity contribution in [3.63, 3.8) is 0 Å². The lowest BCUT2D eigenvalue weighted by molar-refractivity contribution is -0.113. The quantitative estimate of drug-likeness (QED) is 0.345. The van der Waals surface area contributed by atoms with E-state index in [1.165, 1.54) is 12.1 Å². The number of aromatic nitrogens is 1. The molecule has 0 bridgehead atoms. The number of carboxylic acids is 1. The van der Waals surface area contributed by atoms with Crippen LogP contribution in [0.4, 0.5) is 5.69 Å². The van der Waals surface area contributed by atoms with Gasteiger partial charge in [-0.1, -0.05) is 60.7 Å². The Morgan fingerprint density at radius 2 is 1.63 bits per heavy atom. The van der Waals surface area contributed by atoms with Gasteiger partial charge in [-0.05, 0) is 52.6 Å². The first-order valence-corrected chi connectivity index (χ1v) is 12.0. The smallest absolute Gasteiger partial charge is 0.336 e. The van der Waals surface area contributed by atoms with Crippen molar-refractivity contribution >= 4 is 29.1 Å². The van der Waals surface area contributed by atoms with E-state index in [-0.39, 0.29) is 16.9 Å². The Bertz CT molecular complexity index is 1590. The van der Waals surface area contributed by atoms with Crippen molar-refractivity contribution in [1.82, 2.24) is 4.98 Å². The Balaban J connectivity index is 1.36. The fraction of sp³-hybridized carbons (Fsp3) is 0.0645. The molecule has 2 N–H and O–H groups in total. The summed E-state index contributed by atoms with van der Waals surface area (Å²) in [6, 6.07) is 24.8. The van der Waals surface area contributed by atoms with E-state index in [1.807, 2.05) is 54.6 Å². The second kappa shape index (κ2) is 10.8. The minimum atomic E-state index is -1.17. The van der Waals surface area contributed by atoms with Crippen LogP contribution in [0.5, 0.6) is 0 Å². The summed E-state index contributed by atoms with van der Waals surface area (Å²) in [5, 5.41) is 12.2. The van der Waals surface area contributed by atoms with Gasteiger partial charge in [0.2, 0.25) is 0 Å². The first-order valence-electron chi connectivity index (χ1n) is 12.0. The number of aromatic carboxylic acids is 1. The first-order chi connectivity index (χ1) is 18.5. The van der Waals surface area contributed by atoms with Crippen molar-refractivity contribution in [2.24, 2.45) is 4.99 Å². The van der Waals surface area contributed by atoms with Gasteiger partial charge in [-0.2, -0.15) is 0 Å². The number of nitrogens with zero attached hydrogens (tertiary/aromatic N) is 2. The van der Waals surface area contributed by atoms with Crippen LogP contribution in [0.25, 0.3) is 11.1 Å². The van der Waals surface area contributed by atoms with Crippen molar-refractivity contribution in [1.29, 1.82) is 0 Å². The summed E-state index contributed by atoms with van der Waals surface area (Å²) in [7, 11) is 0. The van der Waals surface area contributed by atoms with E-state index in [2.05, 4.69) is 15.3 Å². The molecule has 7 nitrogen and oxygen atoms in total. The second-order valence-corrected chi connectivity index (χ2v) is 8.81. The van der Waals surface area contributed by atoms with Crippen LogP contribution in [0.1, 0.15) is 37.8 Å². The Morgan fingerprint density at radius 3 is 2.39 bits per heavy atom. The largest absolute Gasteiger partial charge is 0.478 e. The topological polar surface area (TPSA) is 109 Å². The molecule has 1 atom stereocenters. The van der Waals surface area contributed by atoms with Crippen LogP contribution in [-0.2, 0) is 11.2 Å². The number of hydrogen-bond donors (Lipinski definition) is 2. The number of pyridine rings is 1. The molecule has 0 saturated carbocycles. The third kappa shape index (κ3) is 5.32. The number of Topliss-reactive ketones (excluding diaryl/α,β-unsaturated/α-hetero) is 1. The van der Waals surface area contributed by atoms with Crippen molar-refractivity contribution in [2.75, 3.05) is 5.32 Å². The SMILES string of the molecule is O=C(O)c1ccccc1C(=O)Nc1cccc(-c2cccc(C3C=CN=C(Cc4cccnc4)C3=O)c2)c1. The van der Waals surface area contributed by atoms with Crippen LogP contribution in [0.15, 0.2) is 115 Å². The zero-order valence-electron chi connectivity index (χ0n) is 20.2. The zero-order valence-corrected chi connectivity index (χ0v) is 20.2. The number of ketones is 1. The minimum absolute atomic E-state index is 0.0494. The fourth-order valence-corrected chi connectivity index (χ4v) is 4.40. The molecular formula is C31H23N3O4. The second-order valence-electron chi connectivity index (χ2n) is 8.81. The highest BCUT2D eigenvalue weighted by molar-refractivity contribution is 6.43. The highest BCUT2D eigenvalue weighted by atomic mass is 16.4. The molecule has 3 aromatic carbocycles. The summed E-state index contributed by atoms with van der Waals surface area (Å²) < 4.78 is 0. The number of carbonyl (C=O) groups excluding carboxylic acids is 2. The van der Waals surface area contributed by atoms with E-state index >= 15 is 0 Å². The van der Waals surface area contributed by atoms with E-state index in [4.69, 9.17) is 0 Å². The predicted octanol–water partition coefficient (Wildman–Crippen LogP) is 5.56. The molecule has 1 aliphatic heterocycles. The lowest BCUT2D eigenvalue weighted by atomic mass is 9.87. The summed E-state index contributed by atoms with van der Waals surface area (Å²) in [6.07, 6.45) is 7.31. The van der Waals surface area contributed by atoms with Gasteiger partial charge in [-0.3, -0.25) is 19.6 Å². The van der Waals surface area contributed by atoms with Crippen LogP contribution in [0.2, 0.25) is 0 Å². The summed E-state index contributed by atoms with van der Waals surface area (Å²) in [5.41, 5.74) is 4.51. The van der Waals surface area contributed by atoms with Crippen molar-refractivity contribution < 1.29 is 19.5 Å². The number of rotatable bonds is 7. The molecule has 1 amide bonds. The third-order valence-electron chi connectivity index (χ3n) is 6.27. The average Bonchev–Trinajstić information content (AvgIpc) is 2.95. The number of carbonyl (C=O) groups is 3. The maximum absolute atomic E-state index is 13.3. The van der Waals surface area contributed by atoms with E-state index in [1.54, 1.807) is 42.9 Å². The monoisotopic (exact) mass is 501 g/mol. The predicted molar refractivity (Wildman–Crippen MR) is 145 cm³/mol. The normalized spacial score (nSPS) is 14.6. The molecule has 0 spiro atoms. The number of aliphatic imine (C=N–C) groups is 1. The Labute approximate surface area is 219 Å². The van der Waals surface area contributed by atoms with Crippen molar-refractivity contribution in [3.8, 4) is 11.1 Å². The van der Waals surface area contributed by atoms with Gasteiger partial charge in [0, 0.05) is 30.7 Å². The summed E-state index contributed by atoms with van der Waals surface area (Å²) in [5.74, 6) is -2.17. The Kier molecular flexibility index (Phi) is 6.99. The first kappa shape index (κ1) is 24.5. The number of hydrogen-bond acceptors (Lipinski definition) is 5. The number of allylic oxidation sites excluding steroid dienone is 1. The summed E-state index contributed by atoms with van der Waals surface area (Å²) in [6.45, 7) is 0. The molecular weight excluding hydrogens is 478 g/mol. The number of amides is 1. The molecule has 7 heteroatoms. The highest BCUT2D eigenvalue weighted by Gasteiger charge is 2.25. The molecule has 38 heavy (non-hydrogen) atoms. The lowest BCUT2D eigenvalue weighted by Crippen LogP contribution is -2.25. The van der Waals surface area contributed by atoms with Gasteiger partial charge in [0.1, 0.15) is 0 Å². The molecule has 1 unspecified atom stereocenters. The van der Waals surface area contributed by atoms with Gasteiger partial charge in [-0.15, -0.1) is 0 Å². The maximum Gasteiger partial charge on any atom is 0.336 e. The number of nitrogens with one attached hydrogen (secondary N) is 1. The molecule has 5 rings (SSSR count). The van der Waals surface area contributed by atoms with Crippen LogP contribution in [-0.4, -0.2) is 33.5 Å². The summed E-state index contributed by atoms with van der Waals surface area (Å²) in [4.78, 5) is 46.0. The standard InChI is InChI=1S/C31H23N3O4/c35-29-25(13-15-33-28(29)16-20-6-5-14-32-19-20)23-9-3-7-21(17-23)22-8-4-10-24(18-22)34-30(36)26-11-1-2-12-27(26)31(37)38/h1-15,17-19,25H,16H2,(H,34,36)(H,37,38). The van der Waals surface area contributed by atoms with E-state index in [9.17, 15) is 19.5 Å². The van der Waals surface area contributed by atoms with Crippen LogP contribution >= 0.6 is 0 Å². The van der Waals surface area contributed by atoms with Crippen LogP contribution < -0.4 is 5.32 Å². The Hall–Kier alpha value is -5.17. The maximum atomic E-state index is 13.3. The van der Waals surface area contributed by atoms with Crippen LogP contribution in [0, 0.1) is 0 Å². The van der Waals surface area contributed by atoms with Gasteiger partial charge >= 0.3 is 5.97 Å². The minimum Gasteiger partial charge on any atom is -0.478 e. The van der Waals surface area contributed by atoms with Crippen molar-refractivity contribution in [2.45, 2.75) is 12.3 Å². The molecule has 0 radical (unpaired) electrons. The summed E-state index contributed by atoms with van der Waals surface area (Å²) >= 11 is 0. The highest BCUT2D eigenvalue weighted by Crippen LogP contribution is 2.29. The third-order valence-corrected chi connectivity index (χ3v) is 6.27. The zero-order chi connectivity index (χ0) is 26.5. The van der Waals surface area contributed by atoms with Crippen molar-refractivity contribution in [3.05, 3.63) is 132 Å². The van der Waals surface area contributed by atoms with E-state index in [0.29, 0.717) is 17.8 Å². The molecule has 2 heterocycles. The molecule has 1 aliphatic rings. The average molecular weight is 502 g/mol. The molecule has 4 aromatic rings. The number of carboxylic acid groups (broad SMARTS) is 1. The molecule has 0 aliphatic carbocycles. The molecule has 0 saturated heterocycles. The Morgan fingerprint density at radius 1 is 0.868 bits per heavy atom. The number of anilines is 1. The molecule has 186 valence electrons.